The molecule has 4 heteroatoms. The van der Waals surface area contributed by atoms with Crippen LogP contribution in [0.3, 0.4) is 0 Å². The first-order valence-corrected chi connectivity index (χ1v) is 7.64. The van der Waals surface area contributed by atoms with Gasteiger partial charge in [0.2, 0.25) is 5.91 Å². The molecule has 0 aromatic heterocycles. The van der Waals surface area contributed by atoms with Crippen molar-refractivity contribution < 1.29 is 4.79 Å². The van der Waals surface area contributed by atoms with Gasteiger partial charge in [-0.3, -0.25) is 9.69 Å². The lowest BCUT2D eigenvalue weighted by molar-refractivity contribution is -0.128. The third kappa shape index (κ3) is 4.77. The van der Waals surface area contributed by atoms with Gasteiger partial charge in [0.05, 0.1) is 6.04 Å². The topological polar surface area (TPSA) is 58.4 Å². The Balaban J connectivity index is 2.60. The van der Waals surface area contributed by atoms with Gasteiger partial charge < -0.3 is 11.1 Å². The van der Waals surface area contributed by atoms with E-state index in [1.807, 2.05) is 19.0 Å². The molecule has 0 aliphatic heterocycles. The lowest BCUT2D eigenvalue weighted by atomic mass is 9.83. The zero-order valence-corrected chi connectivity index (χ0v) is 13.0. The van der Waals surface area contributed by atoms with E-state index in [0.717, 1.165) is 0 Å². The molecule has 4 nitrogen and oxygen atoms in total. The molecule has 1 saturated carbocycles. The van der Waals surface area contributed by atoms with Crippen LogP contribution >= 0.6 is 0 Å². The highest BCUT2D eigenvalue weighted by Gasteiger charge is 2.29. The molecule has 0 spiro atoms. The SMILES string of the molecule is CC(C)C(C(=O)NC(CN)C1CCCCC1)N(C)C. The normalized spacial score (nSPS) is 20.6. The highest BCUT2D eigenvalue weighted by atomic mass is 16.2. The van der Waals surface area contributed by atoms with E-state index >= 15 is 0 Å². The number of nitrogens with two attached hydrogens (primary N) is 1. The summed E-state index contributed by atoms with van der Waals surface area (Å²) in [6.07, 6.45) is 6.29. The van der Waals surface area contributed by atoms with Crippen molar-refractivity contribution in [2.45, 2.75) is 58.0 Å². The molecule has 19 heavy (non-hydrogen) atoms. The number of nitrogens with one attached hydrogen (secondary N) is 1. The van der Waals surface area contributed by atoms with E-state index < -0.39 is 0 Å². The molecule has 0 aromatic rings. The quantitative estimate of drug-likeness (QED) is 0.770. The van der Waals surface area contributed by atoms with Crippen LogP contribution in [0.25, 0.3) is 0 Å². The standard InChI is InChI=1S/C15H31N3O/c1-11(2)14(18(3)4)15(19)17-13(10-16)12-8-6-5-7-9-12/h11-14H,5-10,16H2,1-4H3,(H,17,19). The fourth-order valence-electron chi connectivity index (χ4n) is 3.31. The van der Waals surface area contributed by atoms with E-state index in [4.69, 9.17) is 5.73 Å². The minimum absolute atomic E-state index is 0.0716. The molecule has 3 N–H and O–H groups in total. The van der Waals surface area contributed by atoms with Gasteiger partial charge in [0, 0.05) is 12.6 Å². The molecule has 0 radical (unpaired) electrons. The number of carbonyl (C=O) groups excluding carboxylic acids is 1. The number of hydrogen-bond acceptors (Lipinski definition) is 3. The molecule has 1 rings (SSSR count). The summed E-state index contributed by atoms with van der Waals surface area (Å²) >= 11 is 0. The van der Waals surface area contributed by atoms with E-state index in [9.17, 15) is 4.79 Å². The van der Waals surface area contributed by atoms with Crippen LogP contribution in [0, 0.1) is 11.8 Å². The first kappa shape index (κ1) is 16.4. The number of nitrogens with zero attached hydrogens (tertiary/aromatic N) is 1. The molecule has 0 aromatic carbocycles. The van der Waals surface area contributed by atoms with Crippen LogP contribution in [-0.2, 0) is 4.79 Å². The van der Waals surface area contributed by atoms with E-state index in [1.54, 1.807) is 0 Å². The van der Waals surface area contributed by atoms with E-state index in [-0.39, 0.29) is 18.0 Å². The molecular weight excluding hydrogens is 238 g/mol. The van der Waals surface area contributed by atoms with Crippen molar-refractivity contribution in [3.05, 3.63) is 0 Å². The Morgan fingerprint density at radius 3 is 2.26 bits per heavy atom. The summed E-state index contributed by atoms with van der Waals surface area (Å²) in [5.41, 5.74) is 5.88. The van der Waals surface area contributed by atoms with Crippen molar-refractivity contribution in [2.75, 3.05) is 20.6 Å². The largest absolute Gasteiger partial charge is 0.350 e. The molecule has 2 atom stereocenters. The summed E-state index contributed by atoms with van der Waals surface area (Å²) in [6, 6.07) is 0.0756. The highest BCUT2D eigenvalue weighted by molar-refractivity contribution is 5.82. The lowest BCUT2D eigenvalue weighted by Gasteiger charge is -2.33. The fraction of sp³-hybridized carbons (Fsp3) is 0.933. The van der Waals surface area contributed by atoms with E-state index in [2.05, 4.69) is 19.2 Å². The Morgan fingerprint density at radius 1 is 1.26 bits per heavy atom. The van der Waals surface area contributed by atoms with Crippen LogP contribution in [0.5, 0.6) is 0 Å². The second-order valence-electron chi connectivity index (χ2n) is 6.40. The Morgan fingerprint density at radius 2 is 1.84 bits per heavy atom. The number of rotatable bonds is 6. The summed E-state index contributed by atoms with van der Waals surface area (Å²) in [5, 5.41) is 3.19. The maximum atomic E-state index is 12.4. The zero-order valence-electron chi connectivity index (χ0n) is 13.0. The van der Waals surface area contributed by atoms with Crippen molar-refractivity contribution in [3.8, 4) is 0 Å². The van der Waals surface area contributed by atoms with Crippen molar-refractivity contribution in [3.63, 3.8) is 0 Å². The average molecular weight is 269 g/mol. The maximum Gasteiger partial charge on any atom is 0.237 e. The smallest absolute Gasteiger partial charge is 0.237 e. The number of amides is 1. The minimum atomic E-state index is -0.0716. The van der Waals surface area contributed by atoms with Gasteiger partial charge in [-0.05, 0) is 38.8 Å². The summed E-state index contributed by atoms with van der Waals surface area (Å²) in [5.74, 6) is 0.999. The van der Waals surface area contributed by atoms with Crippen molar-refractivity contribution in [1.29, 1.82) is 0 Å². The lowest BCUT2D eigenvalue weighted by Crippen LogP contribution is -2.53. The summed E-state index contributed by atoms with van der Waals surface area (Å²) in [4.78, 5) is 14.4. The molecule has 0 saturated heterocycles. The van der Waals surface area contributed by atoms with Gasteiger partial charge in [0.1, 0.15) is 0 Å². The molecule has 0 bridgehead atoms. The van der Waals surface area contributed by atoms with Crippen molar-refractivity contribution in [1.82, 2.24) is 10.2 Å². The van der Waals surface area contributed by atoms with Gasteiger partial charge in [-0.2, -0.15) is 0 Å². The molecule has 2 unspecified atom stereocenters. The molecule has 0 heterocycles. The Hall–Kier alpha value is -0.610. The number of hydrogen-bond donors (Lipinski definition) is 2. The first-order chi connectivity index (χ1) is 8.97. The second-order valence-corrected chi connectivity index (χ2v) is 6.40. The maximum absolute atomic E-state index is 12.4. The molecule has 1 aliphatic rings. The third-order valence-electron chi connectivity index (χ3n) is 4.26. The van der Waals surface area contributed by atoms with Gasteiger partial charge in [-0.15, -0.1) is 0 Å². The first-order valence-electron chi connectivity index (χ1n) is 7.64. The van der Waals surface area contributed by atoms with Crippen LogP contribution in [0.2, 0.25) is 0 Å². The summed E-state index contributed by atoms with van der Waals surface area (Å²) in [7, 11) is 3.92. The Labute approximate surface area is 118 Å². The van der Waals surface area contributed by atoms with Crippen LogP contribution in [0.4, 0.5) is 0 Å². The molecule has 112 valence electrons. The van der Waals surface area contributed by atoms with E-state index in [0.29, 0.717) is 18.4 Å². The molecule has 1 fully saturated rings. The monoisotopic (exact) mass is 269 g/mol. The minimum Gasteiger partial charge on any atom is -0.350 e. The third-order valence-corrected chi connectivity index (χ3v) is 4.26. The predicted molar refractivity (Wildman–Crippen MR) is 79.9 cm³/mol. The van der Waals surface area contributed by atoms with Gasteiger partial charge in [-0.1, -0.05) is 33.1 Å². The number of carbonyl (C=O) groups is 1. The van der Waals surface area contributed by atoms with Crippen LogP contribution < -0.4 is 11.1 Å². The van der Waals surface area contributed by atoms with Gasteiger partial charge in [0.25, 0.3) is 0 Å². The molecule has 1 amide bonds. The van der Waals surface area contributed by atoms with Crippen LogP contribution in [0.15, 0.2) is 0 Å². The molecular formula is C15H31N3O. The van der Waals surface area contributed by atoms with Crippen molar-refractivity contribution >= 4 is 5.91 Å². The van der Waals surface area contributed by atoms with E-state index in [1.165, 1.54) is 32.1 Å². The van der Waals surface area contributed by atoms with Gasteiger partial charge in [-0.25, -0.2) is 0 Å². The van der Waals surface area contributed by atoms with Gasteiger partial charge >= 0.3 is 0 Å². The summed E-state index contributed by atoms with van der Waals surface area (Å²) in [6.45, 7) is 4.72. The summed E-state index contributed by atoms with van der Waals surface area (Å²) < 4.78 is 0. The second kappa shape index (κ2) is 7.85. The zero-order chi connectivity index (χ0) is 14.4. The number of likely N-dealkylation sites (N-methyl/N-ethyl adjacent to an activating group) is 1. The Kier molecular flexibility index (Phi) is 6.80. The van der Waals surface area contributed by atoms with Crippen molar-refractivity contribution in [2.24, 2.45) is 17.6 Å². The predicted octanol–water partition coefficient (Wildman–Crippen LogP) is 1.60. The highest BCUT2D eigenvalue weighted by Crippen LogP contribution is 2.26. The Bertz CT molecular complexity index is 265. The van der Waals surface area contributed by atoms with Gasteiger partial charge in [0.15, 0.2) is 0 Å². The fourth-order valence-corrected chi connectivity index (χ4v) is 3.31. The molecule has 1 aliphatic carbocycles. The average Bonchev–Trinajstić information content (AvgIpc) is 2.36. The van der Waals surface area contributed by atoms with Crippen LogP contribution in [0.1, 0.15) is 46.0 Å². The van der Waals surface area contributed by atoms with Crippen LogP contribution in [-0.4, -0.2) is 43.5 Å².